The van der Waals surface area contributed by atoms with Gasteiger partial charge in [0.15, 0.2) is 5.82 Å². The van der Waals surface area contributed by atoms with E-state index in [0.717, 1.165) is 0 Å². The van der Waals surface area contributed by atoms with Crippen LogP contribution in [-0.4, -0.2) is 37.7 Å². The highest BCUT2D eigenvalue weighted by Crippen LogP contribution is 2.50. The molecule has 0 spiro atoms. The summed E-state index contributed by atoms with van der Waals surface area (Å²) in [4.78, 5) is 36.0. The van der Waals surface area contributed by atoms with Crippen LogP contribution in [0.3, 0.4) is 0 Å². The van der Waals surface area contributed by atoms with Gasteiger partial charge in [-0.3, -0.25) is 29.0 Å². The Bertz CT molecular complexity index is 1180. The number of fused-ring (bicyclic) bond motifs is 1. The fourth-order valence-corrected chi connectivity index (χ4v) is 4.48. The first-order valence-corrected chi connectivity index (χ1v) is 10.9. The molecule has 0 atom stereocenters. The number of nitro groups is 1. The summed E-state index contributed by atoms with van der Waals surface area (Å²) >= 11 is 0. The molecule has 158 valence electrons. The Labute approximate surface area is 171 Å². The Morgan fingerprint density at radius 1 is 1.17 bits per heavy atom. The molecule has 0 radical (unpaired) electrons. The minimum absolute atomic E-state index is 0.0434. The van der Waals surface area contributed by atoms with Crippen LogP contribution in [0.15, 0.2) is 35.4 Å². The molecule has 0 N–H and O–H groups in total. The first kappa shape index (κ1) is 21.7. The Balaban J connectivity index is 1.99. The second-order valence-corrected chi connectivity index (χ2v) is 8.31. The highest BCUT2D eigenvalue weighted by molar-refractivity contribution is 7.53. The van der Waals surface area contributed by atoms with Crippen molar-refractivity contribution in [1.29, 1.82) is 0 Å². The number of nitrogens with zero attached hydrogens (tertiary/aromatic N) is 5. The van der Waals surface area contributed by atoms with Gasteiger partial charge in [-0.1, -0.05) is 0 Å². The van der Waals surface area contributed by atoms with Gasteiger partial charge in [0.1, 0.15) is 5.69 Å². The van der Waals surface area contributed by atoms with Gasteiger partial charge in [0.2, 0.25) is 0 Å². The number of hydrogen-bond acceptors (Lipinski definition) is 9. The van der Waals surface area contributed by atoms with Crippen molar-refractivity contribution < 1.29 is 18.5 Å². The van der Waals surface area contributed by atoms with Gasteiger partial charge >= 0.3 is 7.60 Å². The van der Waals surface area contributed by atoms with Crippen LogP contribution in [-0.2, 0) is 26.8 Å². The molecule has 11 nitrogen and oxygen atoms in total. The van der Waals surface area contributed by atoms with E-state index >= 15 is 0 Å². The molecular weight excluding hydrogens is 413 g/mol. The van der Waals surface area contributed by atoms with Crippen molar-refractivity contribution >= 4 is 24.2 Å². The molecule has 0 unspecified atom stereocenters. The predicted molar refractivity (Wildman–Crippen MR) is 109 cm³/mol. The SMILES string of the molecule is CCOP(=O)(Cc1cnc(-c2nc3cc([N+](=O)[O-])ccc3c(=O)n2C)cn1)OCC. The van der Waals surface area contributed by atoms with Crippen molar-refractivity contribution in [3.8, 4) is 11.5 Å². The smallest absolute Gasteiger partial charge is 0.309 e. The molecule has 2 heterocycles. The van der Waals surface area contributed by atoms with Gasteiger partial charge in [0, 0.05) is 25.4 Å². The van der Waals surface area contributed by atoms with Crippen LogP contribution in [0.2, 0.25) is 0 Å². The monoisotopic (exact) mass is 433 g/mol. The first-order valence-electron chi connectivity index (χ1n) is 9.12. The summed E-state index contributed by atoms with van der Waals surface area (Å²) in [5.74, 6) is 0.199. The minimum Gasteiger partial charge on any atom is -0.309 e. The first-order chi connectivity index (χ1) is 14.3. The van der Waals surface area contributed by atoms with E-state index in [-0.39, 0.29) is 53.0 Å². The summed E-state index contributed by atoms with van der Waals surface area (Å²) in [6.45, 7) is 3.91. The lowest BCUT2D eigenvalue weighted by atomic mass is 10.2. The van der Waals surface area contributed by atoms with Gasteiger partial charge in [0.05, 0.1) is 47.1 Å². The van der Waals surface area contributed by atoms with Crippen LogP contribution in [0.1, 0.15) is 19.5 Å². The van der Waals surface area contributed by atoms with E-state index < -0.39 is 12.5 Å². The second kappa shape index (κ2) is 8.78. The third kappa shape index (κ3) is 4.43. The van der Waals surface area contributed by atoms with E-state index in [1.54, 1.807) is 13.8 Å². The zero-order valence-electron chi connectivity index (χ0n) is 16.6. The summed E-state index contributed by atoms with van der Waals surface area (Å²) in [6, 6.07) is 3.87. The highest BCUT2D eigenvalue weighted by Gasteiger charge is 2.25. The van der Waals surface area contributed by atoms with Crippen molar-refractivity contribution in [2.45, 2.75) is 20.0 Å². The van der Waals surface area contributed by atoms with Crippen LogP contribution >= 0.6 is 7.60 Å². The van der Waals surface area contributed by atoms with Crippen LogP contribution < -0.4 is 5.56 Å². The third-order valence-electron chi connectivity index (χ3n) is 4.21. The van der Waals surface area contributed by atoms with Gasteiger partial charge in [-0.25, -0.2) is 9.97 Å². The Hall–Kier alpha value is -3.01. The van der Waals surface area contributed by atoms with E-state index in [1.807, 2.05) is 0 Å². The van der Waals surface area contributed by atoms with Gasteiger partial charge in [-0.05, 0) is 19.9 Å². The topological polar surface area (TPSA) is 139 Å². The molecule has 0 aliphatic rings. The molecule has 0 fully saturated rings. The number of benzene rings is 1. The fraction of sp³-hybridized carbons (Fsp3) is 0.333. The molecule has 2 aromatic heterocycles. The molecule has 0 saturated carbocycles. The average molecular weight is 433 g/mol. The number of aromatic nitrogens is 4. The Kier molecular flexibility index (Phi) is 6.35. The standard InChI is InChI=1S/C18H20N5O6P/c1-4-28-30(27,29-5-2)11-12-9-20-16(10-19-12)17-21-15-8-13(23(25)26)6-7-14(15)18(24)22(17)3/h6-10H,4-5,11H2,1-3H3. The Morgan fingerprint density at radius 3 is 2.43 bits per heavy atom. The zero-order valence-corrected chi connectivity index (χ0v) is 17.5. The van der Waals surface area contributed by atoms with Crippen LogP contribution in [0.4, 0.5) is 5.69 Å². The molecule has 3 aromatic rings. The van der Waals surface area contributed by atoms with Crippen molar-refractivity contribution in [1.82, 2.24) is 19.5 Å². The summed E-state index contributed by atoms with van der Waals surface area (Å²) in [5.41, 5.74) is 0.330. The van der Waals surface area contributed by atoms with Crippen molar-refractivity contribution in [2.24, 2.45) is 7.05 Å². The normalized spacial score (nSPS) is 11.7. The van der Waals surface area contributed by atoms with Gasteiger partial charge < -0.3 is 9.05 Å². The van der Waals surface area contributed by atoms with Gasteiger partial charge in [0.25, 0.3) is 11.2 Å². The number of nitro benzene ring substituents is 1. The van der Waals surface area contributed by atoms with E-state index in [4.69, 9.17) is 9.05 Å². The predicted octanol–water partition coefficient (Wildman–Crippen LogP) is 3.06. The third-order valence-corrected chi connectivity index (χ3v) is 6.23. The fourth-order valence-electron chi connectivity index (χ4n) is 2.87. The number of non-ortho nitro benzene ring substituents is 1. The summed E-state index contributed by atoms with van der Waals surface area (Å²) in [6.07, 6.45) is 2.75. The quantitative estimate of drug-likeness (QED) is 0.298. The van der Waals surface area contributed by atoms with Crippen molar-refractivity contribution in [3.63, 3.8) is 0 Å². The molecule has 1 aromatic carbocycles. The van der Waals surface area contributed by atoms with E-state index in [0.29, 0.717) is 5.69 Å². The average Bonchev–Trinajstić information content (AvgIpc) is 2.71. The maximum absolute atomic E-state index is 12.6. The largest absolute Gasteiger partial charge is 0.336 e. The number of hydrogen-bond donors (Lipinski definition) is 0. The maximum Gasteiger partial charge on any atom is 0.336 e. The molecule has 0 aliphatic carbocycles. The lowest BCUT2D eigenvalue weighted by Gasteiger charge is -2.16. The van der Waals surface area contributed by atoms with Crippen LogP contribution in [0.25, 0.3) is 22.4 Å². The van der Waals surface area contributed by atoms with E-state index in [9.17, 15) is 19.5 Å². The second-order valence-electron chi connectivity index (χ2n) is 6.26. The Morgan fingerprint density at radius 2 is 1.87 bits per heavy atom. The molecule has 30 heavy (non-hydrogen) atoms. The van der Waals surface area contributed by atoms with Crippen LogP contribution in [0, 0.1) is 10.1 Å². The molecular formula is C18H20N5O6P. The summed E-state index contributed by atoms with van der Waals surface area (Å²) < 4.78 is 24.4. The molecule has 3 rings (SSSR count). The van der Waals surface area contributed by atoms with Gasteiger partial charge in [-0.15, -0.1) is 0 Å². The molecule has 0 saturated heterocycles. The molecule has 0 aliphatic heterocycles. The number of rotatable bonds is 8. The summed E-state index contributed by atoms with van der Waals surface area (Å²) in [5, 5.41) is 11.3. The summed E-state index contributed by atoms with van der Waals surface area (Å²) in [7, 11) is -1.80. The van der Waals surface area contributed by atoms with Crippen LogP contribution in [0.5, 0.6) is 0 Å². The molecule has 0 amide bonds. The molecule has 12 heteroatoms. The van der Waals surface area contributed by atoms with Crippen molar-refractivity contribution in [3.05, 3.63) is 56.8 Å². The highest BCUT2D eigenvalue weighted by atomic mass is 31.2. The molecule has 0 bridgehead atoms. The minimum atomic E-state index is -3.33. The van der Waals surface area contributed by atoms with E-state index in [1.165, 1.54) is 42.2 Å². The van der Waals surface area contributed by atoms with Gasteiger partial charge in [-0.2, -0.15) is 0 Å². The lowest BCUT2D eigenvalue weighted by molar-refractivity contribution is -0.384. The van der Waals surface area contributed by atoms with E-state index in [2.05, 4.69) is 15.0 Å². The zero-order chi connectivity index (χ0) is 21.9. The lowest BCUT2D eigenvalue weighted by Crippen LogP contribution is -2.20. The van der Waals surface area contributed by atoms with Crippen molar-refractivity contribution in [2.75, 3.05) is 13.2 Å². The maximum atomic E-state index is 12.6.